The van der Waals surface area contributed by atoms with Crippen molar-refractivity contribution in [3.8, 4) is 5.75 Å². The van der Waals surface area contributed by atoms with Gasteiger partial charge in [-0.2, -0.15) is 8.42 Å². The Morgan fingerprint density at radius 1 is 0.880 bits per heavy atom. The van der Waals surface area contributed by atoms with Crippen LogP contribution in [0.25, 0.3) is 10.8 Å². The van der Waals surface area contributed by atoms with E-state index < -0.39 is 10.1 Å². The average Bonchev–Trinajstić information content (AvgIpc) is 2.57. The number of benzene rings is 3. The van der Waals surface area contributed by atoms with Crippen molar-refractivity contribution in [2.75, 3.05) is 5.73 Å². The SMILES string of the molecule is CC(C)(C)c1ccc(S(=O)(=O)Oc2ccc3ccccc3c2N)cc1. The van der Waals surface area contributed by atoms with E-state index in [2.05, 4.69) is 20.8 Å². The van der Waals surface area contributed by atoms with Gasteiger partial charge in [-0.3, -0.25) is 0 Å². The van der Waals surface area contributed by atoms with E-state index in [0.29, 0.717) is 5.69 Å². The normalized spacial score (nSPS) is 12.3. The summed E-state index contributed by atoms with van der Waals surface area (Å²) in [6.07, 6.45) is 0. The van der Waals surface area contributed by atoms with Crippen LogP contribution in [0.4, 0.5) is 5.69 Å². The second-order valence-electron chi connectivity index (χ2n) is 7.01. The van der Waals surface area contributed by atoms with Crippen molar-refractivity contribution >= 4 is 26.6 Å². The van der Waals surface area contributed by atoms with E-state index in [9.17, 15) is 8.42 Å². The number of anilines is 1. The van der Waals surface area contributed by atoms with Gasteiger partial charge in [0.2, 0.25) is 0 Å². The Bertz CT molecular complexity index is 1020. The van der Waals surface area contributed by atoms with E-state index in [0.717, 1.165) is 16.3 Å². The van der Waals surface area contributed by atoms with E-state index in [-0.39, 0.29) is 16.1 Å². The van der Waals surface area contributed by atoms with Crippen molar-refractivity contribution < 1.29 is 12.6 Å². The fourth-order valence-electron chi connectivity index (χ4n) is 2.64. The highest BCUT2D eigenvalue weighted by molar-refractivity contribution is 7.87. The van der Waals surface area contributed by atoms with E-state index in [4.69, 9.17) is 9.92 Å². The zero-order valence-corrected chi connectivity index (χ0v) is 15.3. The number of nitrogen functional groups attached to an aromatic ring is 1. The first-order valence-electron chi connectivity index (χ1n) is 8.01. The minimum Gasteiger partial charge on any atom is -0.395 e. The lowest BCUT2D eigenvalue weighted by Gasteiger charge is -2.19. The summed E-state index contributed by atoms with van der Waals surface area (Å²) in [4.78, 5) is 0.105. The minimum absolute atomic E-state index is 0.0497. The largest absolute Gasteiger partial charge is 0.395 e. The zero-order valence-electron chi connectivity index (χ0n) is 14.5. The van der Waals surface area contributed by atoms with Crippen LogP contribution in [0.15, 0.2) is 65.6 Å². The molecule has 130 valence electrons. The highest BCUT2D eigenvalue weighted by Crippen LogP contribution is 2.32. The lowest BCUT2D eigenvalue weighted by Crippen LogP contribution is -2.13. The van der Waals surface area contributed by atoms with Gasteiger partial charge in [-0.05, 0) is 34.6 Å². The first-order chi connectivity index (χ1) is 11.7. The average molecular weight is 355 g/mol. The molecular weight excluding hydrogens is 334 g/mol. The summed E-state index contributed by atoms with van der Waals surface area (Å²) in [6, 6.07) is 17.6. The molecular formula is C20H21NO3S. The third-order valence-electron chi connectivity index (χ3n) is 4.14. The molecule has 0 unspecified atom stereocenters. The summed E-state index contributed by atoms with van der Waals surface area (Å²) < 4.78 is 30.4. The molecule has 0 spiro atoms. The highest BCUT2D eigenvalue weighted by atomic mass is 32.2. The van der Waals surface area contributed by atoms with Gasteiger partial charge in [0.15, 0.2) is 5.75 Å². The Labute approximate surface area is 148 Å². The molecule has 0 saturated carbocycles. The Hall–Kier alpha value is -2.53. The van der Waals surface area contributed by atoms with Gasteiger partial charge in [-0.1, -0.05) is 63.2 Å². The summed E-state index contributed by atoms with van der Waals surface area (Å²) >= 11 is 0. The third-order valence-corrected chi connectivity index (χ3v) is 5.39. The molecule has 0 atom stereocenters. The first-order valence-corrected chi connectivity index (χ1v) is 9.41. The Balaban J connectivity index is 1.95. The molecule has 0 saturated heterocycles. The maximum absolute atomic E-state index is 12.6. The maximum Gasteiger partial charge on any atom is 0.339 e. The maximum atomic E-state index is 12.6. The monoisotopic (exact) mass is 355 g/mol. The smallest absolute Gasteiger partial charge is 0.339 e. The van der Waals surface area contributed by atoms with Gasteiger partial charge in [0.1, 0.15) is 4.90 Å². The quantitative estimate of drug-likeness (QED) is 0.555. The van der Waals surface area contributed by atoms with Gasteiger partial charge in [0.25, 0.3) is 0 Å². The van der Waals surface area contributed by atoms with Crippen molar-refractivity contribution in [1.82, 2.24) is 0 Å². The summed E-state index contributed by atoms with van der Waals surface area (Å²) in [5.41, 5.74) is 7.41. The Morgan fingerprint density at radius 3 is 2.16 bits per heavy atom. The van der Waals surface area contributed by atoms with Crippen LogP contribution in [-0.2, 0) is 15.5 Å². The van der Waals surface area contributed by atoms with Crippen LogP contribution >= 0.6 is 0 Å². The number of rotatable bonds is 3. The van der Waals surface area contributed by atoms with E-state index in [1.807, 2.05) is 24.3 Å². The molecule has 0 radical (unpaired) electrons. The predicted octanol–water partition coefficient (Wildman–Crippen LogP) is 4.49. The van der Waals surface area contributed by atoms with Crippen LogP contribution in [0.1, 0.15) is 26.3 Å². The molecule has 0 aliphatic heterocycles. The summed E-state index contributed by atoms with van der Waals surface area (Å²) in [6.45, 7) is 6.22. The Kier molecular flexibility index (Phi) is 4.21. The molecule has 3 aromatic carbocycles. The van der Waals surface area contributed by atoms with Gasteiger partial charge >= 0.3 is 10.1 Å². The summed E-state index contributed by atoms with van der Waals surface area (Å²) in [7, 11) is -3.95. The van der Waals surface area contributed by atoms with Gasteiger partial charge < -0.3 is 9.92 Å². The van der Waals surface area contributed by atoms with Crippen LogP contribution in [0, 0.1) is 0 Å². The van der Waals surface area contributed by atoms with Crippen molar-refractivity contribution in [2.24, 2.45) is 0 Å². The summed E-state index contributed by atoms with van der Waals surface area (Å²) in [5.74, 6) is 0.138. The molecule has 0 aliphatic rings. The van der Waals surface area contributed by atoms with Crippen molar-refractivity contribution in [1.29, 1.82) is 0 Å². The standard InChI is InChI=1S/C20H21NO3S/c1-20(2,3)15-9-11-16(12-10-15)25(22,23)24-18-13-8-14-6-4-5-7-17(14)19(18)21/h4-13H,21H2,1-3H3. The fourth-order valence-corrected chi connectivity index (χ4v) is 3.58. The number of nitrogens with two attached hydrogens (primary N) is 1. The van der Waals surface area contributed by atoms with Gasteiger partial charge in [0, 0.05) is 5.39 Å². The topological polar surface area (TPSA) is 69.4 Å². The molecule has 25 heavy (non-hydrogen) atoms. The molecule has 0 heterocycles. The molecule has 0 aliphatic carbocycles. The van der Waals surface area contributed by atoms with Crippen molar-refractivity contribution in [3.63, 3.8) is 0 Å². The number of fused-ring (bicyclic) bond motifs is 1. The number of hydrogen-bond acceptors (Lipinski definition) is 4. The second-order valence-corrected chi connectivity index (χ2v) is 8.56. The first kappa shape index (κ1) is 17.3. The molecule has 3 aromatic rings. The van der Waals surface area contributed by atoms with E-state index in [1.54, 1.807) is 36.4 Å². The van der Waals surface area contributed by atoms with Gasteiger partial charge in [0.05, 0.1) is 5.69 Å². The van der Waals surface area contributed by atoms with Crippen LogP contribution in [-0.4, -0.2) is 8.42 Å². The fraction of sp³-hybridized carbons (Fsp3) is 0.200. The van der Waals surface area contributed by atoms with Crippen LogP contribution < -0.4 is 9.92 Å². The second kappa shape index (κ2) is 6.08. The van der Waals surface area contributed by atoms with E-state index >= 15 is 0 Å². The highest BCUT2D eigenvalue weighted by Gasteiger charge is 2.20. The minimum atomic E-state index is -3.95. The van der Waals surface area contributed by atoms with Crippen molar-refractivity contribution in [2.45, 2.75) is 31.1 Å². The Morgan fingerprint density at radius 2 is 1.52 bits per heavy atom. The molecule has 0 bridgehead atoms. The van der Waals surface area contributed by atoms with Crippen LogP contribution in [0.2, 0.25) is 0 Å². The molecule has 0 fully saturated rings. The molecule has 4 nitrogen and oxygen atoms in total. The predicted molar refractivity (Wildman–Crippen MR) is 101 cm³/mol. The molecule has 3 rings (SSSR count). The lowest BCUT2D eigenvalue weighted by molar-refractivity contribution is 0.487. The zero-order chi connectivity index (χ0) is 18.2. The van der Waals surface area contributed by atoms with Gasteiger partial charge in [-0.25, -0.2) is 0 Å². The summed E-state index contributed by atoms with van der Waals surface area (Å²) in [5, 5.41) is 1.69. The third kappa shape index (κ3) is 3.46. The van der Waals surface area contributed by atoms with Crippen molar-refractivity contribution in [3.05, 3.63) is 66.2 Å². The van der Waals surface area contributed by atoms with Crippen LogP contribution in [0.3, 0.4) is 0 Å². The molecule has 0 aromatic heterocycles. The van der Waals surface area contributed by atoms with Gasteiger partial charge in [-0.15, -0.1) is 0 Å². The van der Waals surface area contributed by atoms with Crippen LogP contribution in [0.5, 0.6) is 5.75 Å². The number of hydrogen-bond donors (Lipinski definition) is 1. The lowest BCUT2D eigenvalue weighted by atomic mass is 9.87. The molecule has 0 amide bonds. The van der Waals surface area contributed by atoms with E-state index in [1.165, 1.54) is 0 Å². The molecule has 2 N–H and O–H groups in total. The molecule has 5 heteroatoms.